The molecule has 0 saturated carbocycles. The van der Waals surface area contributed by atoms with E-state index in [0.717, 1.165) is 11.1 Å². The van der Waals surface area contributed by atoms with Gasteiger partial charge in [0.2, 0.25) is 5.91 Å². The lowest BCUT2D eigenvalue weighted by atomic mass is 9.54. The number of amides is 1. The second-order valence-corrected chi connectivity index (χ2v) is 10.7. The smallest absolute Gasteiger partial charge is 0.255 e. The van der Waals surface area contributed by atoms with Crippen LogP contribution in [-0.2, 0) is 16.8 Å². The fourth-order valence-corrected chi connectivity index (χ4v) is 7.07. The van der Waals surface area contributed by atoms with Gasteiger partial charge in [-0.3, -0.25) is 9.59 Å². The number of allylic oxidation sites excluding steroid dienone is 2. The Morgan fingerprint density at radius 1 is 0.769 bits per heavy atom. The number of carbonyl (C=O) groups is 2. The van der Waals surface area contributed by atoms with Crippen molar-refractivity contribution in [2.24, 2.45) is 5.41 Å². The summed E-state index contributed by atoms with van der Waals surface area (Å²) in [4.78, 5) is 30.4. The second kappa shape index (κ2) is 8.57. The third kappa shape index (κ3) is 3.13. The molecule has 0 aromatic heterocycles. The quantitative estimate of drug-likeness (QED) is 0.287. The highest BCUT2D eigenvalue weighted by molar-refractivity contribution is 6.20. The number of hydrogen-bond acceptors (Lipinski definition) is 2. The fraction of sp³-hybridized carbons (Fsp3) is 0.176. The van der Waals surface area contributed by atoms with Crippen LogP contribution in [0.25, 0.3) is 5.57 Å². The maximum absolute atomic E-state index is 15.4. The van der Waals surface area contributed by atoms with Crippen LogP contribution in [0.3, 0.4) is 0 Å². The van der Waals surface area contributed by atoms with Crippen molar-refractivity contribution in [1.82, 2.24) is 0 Å². The van der Waals surface area contributed by atoms with E-state index in [9.17, 15) is 9.59 Å². The first-order valence-electron chi connectivity index (χ1n) is 13.1. The number of Topliss-reactive ketones (excluding diaryl/α,β-unsaturated/α-hetero) is 1. The summed E-state index contributed by atoms with van der Waals surface area (Å²) in [6.45, 7) is 0.312. The molecule has 192 valence electrons. The molecule has 7 rings (SSSR count). The number of nitrogens with zero attached hydrogens (tertiary/aromatic N) is 1. The molecule has 3 nitrogen and oxygen atoms in total. The van der Waals surface area contributed by atoms with Crippen LogP contribution < -0.4 is 4.90 Å². The number of halogens is 2. The molecule has 0 radical (unpaired) electrons. The van der Waals surface area contributed by atoms with Crippen LogP contribution in [-0.4, -0.2) is 18.1 Å². The van der Waals surface area contributed by atoms with Crippen molar-refractivity contribution >= 4 is 23.0 Å². The Hall–Kier alpha value is -4.38. The van der Waals surface area contributed by atoms with Gasteiger partial charge in [0.05, 0.1) is 12.0 Å². The predicted molar refractivity (Wildman–Crippen MR) is 147 cm³/mol. The van der Waals surface area contributed by atoms with E-state index in [0.29, 0.717) is 34.5 Å². The highest BCUT2D eigenvalue weighted by Gasteiger charge is 2.68. The summed E-state index contributed by atoms with van der Waals surface area (Å²) < 4.78 is 30.8. The SMILES string of the molecule is O=C1c2ccccc2C2=C[C@H](c3ccccc3)[C@@]3(C[C@]12C(F)F)C(=O)N(Cc1ccccc1)c1ccccc13. The van der Waals surface area contributed by atoms with Crippen molar-refractivity contribution in [3.05, 3.63) is 143 Å². The van der Waals surface area contributed by atoms with Gasteiger partial charge in [-0.15, -0.1) is 0 Å². The Kier molecular flexibility index (Phi) is 5.21. The van der Waals surface area contributed by atoms with Crippen molar-refractivity contribution in [2.75, 3.05) is 4.90 Å². The maximum Gasteiger partial charge on any atom is 0.255 e. The first-order chi connectivity index (χ1) is 19.0. The number of alkyl halides is 2. The number of rotatable bonds is 4. The molecule has 3 atom stereocenters. The molecule has 0 N–H and O–H groups in total. The number of carbonyl (C=O) groups excluding carboxylic acids is 2. The molecule has 3 aliphatic rings. The van der Waals surface area contributed by atoms with Crippen LogP contribution in [0.5, 0.6) is 0 Å². The van der Waals surface area contributed by atoms with E-state index in [1.807, 2.05) is 84.9 Å². The molecule has 4 aromatic rings. The Morgan fingerprint density at radius 3 is 2.10 bits per heavy atom. The van der Waals surface area contributed by atoms with Gasteiger partial charge in [0, 0.05) is 17.2 Å². The lowest BCUT2D eigenvalue weighted by Crippen LogP contribution is -2.53. The van der Waals surface area contributed by atoms with Crippen LogP contribution >= 0.6 is 0 Å². The van der Waals surface area contributed by atoms with E-state index in [-0.39, 0.29) is 12.3 Å². The number of ketones is 1. The second-order valence-electron chi connectivity index (χ2n) is 10.7. The highest BCUT2D eigenvalue weighted by Crippen LogP contribution is 2.66. The summed E-state index contributed by atoms with van der Waals surface area (Å²) in [5.41, 5.74) is 0.902. The molecule has 2 aliphatic carbocycles. The van der Waals surface area contributed by atoms with Crippen LogP contribution in [0.4, 0.5) is 14.5 Å². The molecule has 0 unspecified atom stereocenters. The van der Waals surface area contributed by atoms with E-state index in [2.05, 4.69) is 0 Å². The fourth-order valence-electron chi connectivity index (χ4n) is 7.07. The molecule has 1 spiro atoms. The van der Waals surface area contributed by atoms with Crippen LogP contribution in [0, 0.1) is 5.41 Å². The minimum atomic E-state index is -2.97. The first kappa shape index (κ1) is 23.7. The van der Waals surface area contributed by atoms with Gasteiger partial charge in [-0.25, -0.2) is 8.78 Å². The zero-order chi connectivity index (χ0) is 26.8. The number of fused-ring (bicyclic) bond motifs is 5. The standard InChI is InChI=1S/C34H25F2NO2/c35-31(36)34-21-33(26-17-9-10-18-29(26)37(32(33)39)20-22-11-3-1-4-12-22)27(23-13-5-2-6-14-23)19-28(34)24-15-7-8-16-25(24)30(34)38/h1-19,27,31H,20-21H2/t27-,33+,34-/m1/s1. The summed E-state index contributed by atoms with van der Waals surface area (Å²) in [7, 11) is 0. The Morgan fingerprint density at radius 2 is 1.38 bits per heavy atom. The zero-order valence-corrected chi connectivity index (χ0v) is 21.1. The minimum Gasteiger partial charge on any atom is -0.307 e. The molecule has 1 heterocycles. The first-order valence-corrected chi connectivity index (χ1v) is 13.1. The average molecular weight is 518 g/mol. The van der Waals surface area contributed by atoms with Gasteiger partial charge in [-0.2, -0.15) is 0 Å². The minimum absolute atomic E-state index is 0.250. The van der Waals surface area contributed by atoms with Gasteiger partial charge in [0.1, 0.15) is 5.41 Å². The Labute approximate surface area is 225 Å². The monoisotopic (exact) mass is 517 g/mol. The highest BCUT2D eigenvalue weighted by atomic mass is 19.3. The number of para-hydroxylation sites is 1. The normalized spacial score (nSPS) is 25.1. The summed E-state index contributed by atoms with van der Waals surface area (Å²) >= 11 is 0. The van der Waals surface area contributed by atoms with Gasteiger partial charge in [-0.05, 0) is 40.3 Å². The zero-order valence-electron chi connectivity index (χ0n) is 21.1. The molecule has 1 aliphatic heterocycles. The third-order valence-corrected chi connectivity index (χ3v) is 8.79. The number of hydrogen-bond donors (Lipinski definition) is 0. The molecule has 0 saturated heterocycles. The van der Waals surface area contributed by atoms with Gasteiger partial charge >= 0.3 is 0 Å². The van der Waals surface area contributed by atoms with Gasteiger partial charge < -0.3 is 4.90 Å². The van der Waals surface area contributed by atoms with E-state index in [4.69, 9.17) is 0 Å². The lowest BCUT2D eigenvalue weighted by molar-refractivity contribution is -0.125. The van der Waals surface area contributed by atoms with Crippen LogP contribution in [0.2, 0.25) is 0 Å². The molecule has 39 heavy (non-hydrogen) atoms. The molecule has 1 amide bonds. The summed E-state index contributed by atoms with van der Waals surface area (Å²) in [5.74, 6) is -1.38. The topological polar surface area (TPSA) is 37.4 Å². The van der Waals surface area contributed by atoms with Crippen molar-refractivity contribution in [1.29, 1.82) is 0 Å². The van der Waals surface area contributed by atoms with E-state index in [1.165, 1.54) is 0 Å². The van der Waals surface area contributed by atoms with Crippen molar-refractivity contribution < 1.29 is 18.4 Å². The van der Waals surface area contributed by atoms with Crippen molar-refractivity contribution in [3.8, 4) is 0 Å². The van der Waals surface area contributed by atoms with E-state index in [1.54, 1.807) is 35.2 Å². The van der Waals surface area contributed by atoms with Crippen molar-refractivity contribution in [2.45, 2.75) is 30.7 Å². The van der Waals surface area contributed by atoms with E-state index >= 15 is 8.78 Å². The summed E-state index contributed by atoms with van der Waals surface area (Å²) in [6, 6.07) is 33.5. The van der Waals surface area contributed by atoms with Gasteiger partial charge in [0.25, 0.3) is 6.43 Å². The molecule has 0 bridgehead atoms. The van der Waals surface area contributed by atoms with Gasteiger partial charge in [-0.1, -0.05) is 109 Å². The summed E-state index contributed by atoms with van der Waals surface area (Å²) in [6.07, 6.45) is -1.46. The lowest BCUT2D eigenvalue weighted by Gasteiger charge is -2.46. The molecular weight excluding hydrogens is 492 g/mol. The molecule has 0 fully saturated rings. The number of anilines is 1. The molecular formula is C34H25F2NO2. The number of benzene rings is 4. The Balaban J connectivity index is 1.51. The van der Waals surface area contributed by atoms with Gasteiger partial charge in [0.15, 0.2) is 5.78 Å². The molecule has 5 heteroatoms. The molecule has 4 aromatic carbocycles. The largest absolute Gasteiger partial charge is 0.307 e. The maximum atomic E-state index is 15.4. The third-order valence-electron chi connectivity index (χ3n) is 8.79. The van der Waals surface area contributed by atoms with Crippen LogP contribution in [0.1, 0.15) is 45.0 Å². The van der Waals surface area contributed by atoms with Crippen molar-refractivity contribution in [3.63, 3.8) is 0 Å². The van der Waals surface area contributed by atoms with E-state index < -0.39 is 29.0 Å². The predicted octanol–water partition coefficient (Wildman–Crippen LogP) is 7.19. The summed E-state index contributed by atoms with van der Waals surface area (Å²) in [5, 5.41) is 0. The average Bonchev–Trinajstić information content (AvgIpc) is 3.36. The Bertz CT molecular complexity index is 1650. The van der Waals surface area contributed by atoms with Crippen LogP contribution in [0.15, 0.2) is 115 Å².